The number of nitrogens with zero attached hydrogens (tertiary/aromatic N) is 1. The number of aromatic nitrogens is 1. The SMILES string of the molecule is CN1C[C@H](NC(=O)c2ccc[nH]2)CC[C@H]1C(F)(F)F. The molecule has 2 rings (SSSR count). The summed E-state index contributed by atoms with van der Waals surface area (Å²) in [6.45, 7) is 0.205. The molecule has 0 spiro atoms. The molecule has 19 heavy (non-hydrogen) atoms. The van der Waals surface area contributed by atoms with Crippen LogP contribution in [-0.2, 0) is 0 Å². The maximum absolute atomic E-state index is 12.7. The Balaban J connectivity index is 1.90. The predicted molar refractivity (Wildman–Crippen MR) is 63.8 cm³/mol. The summed E-state index contributed by atoms with van der Waals surface area (Å²) in [5.74, 6) is -0.283. The maximum atomic E-state index is 12.7. The Labute approximate surface area is 109 Å². The fourth-order valence-electron chi connectivity index (χ4n) is 2.41. The molecule has 0 bridgehead atoms. The van der Waals surface area contributed by atoms with Gasteiger partial charge in [0.1, 0.15) is 11.7 Å². The summed E-state index contributed by atoms with van der Waals surface area (Å²) in [7, 11) is 1.44. The van der Waals surface area contributed by atoms with Gasteiger partial charge in [-0.05, 0) is 32.0 Å². The lowest BCUT2D eigenvalue weighted by Gasteiger charge is -2.38. The van der Waals surface area contributed by atoms with Crippen molar-refractivity contribution >= 4 is 5.91 Å². The highest BCUT2D eigenvalue weighted by molar-refractivity contribution is 5.92. The van der Waals surface area contributed by atoms with Crippen molar-refractivity contribution < 1.29 is 18.0 Å². The van der Waals surface area contributed by atoms with E-state index in [9.17, 15) is 18.0 Å². The molecule has 1 aromatic heterocycles. The normalized spacial score (nSPS) is 25.3. The van der Waals surface area contributed by atoms with Gasteiger partial charge in [-0.25, -0.2) is 0 Å². The van der Waals surface area contributed by atoms with E-state index in [-0.39, 0.29) is 24.9 Å². The number of likely N-dealkylation sites (tertiary alicyclic amines) is 1. The lowest BCUT2D eigenvalue weighted by molar-refractivity contribution is -0.188. The Morgan fingerprint density at radius 3 is 2.74 bits per heavy atom. The largest absolute Gasteiger partial charge is 0.404 e. The molecule has 4 nitrogen and oxygen atoms in total. The molecule has 2 heterocycles. The van der Waals surface area contributed by atoms with Crippen molar-refractivity contribution in [2.24, 2.45) is 0 Å². The second kappa shape index (κ2) is 5.24. The van der Waals surface area contributed by atoms with Gasteiger partial charge in [0.05, 0.1) is 0 Å². The van der Waals surface area contributed by atoms with Gasteiger partial charge >= 0.3 is 6.18 Å². The molecule has 1 aliphatic rings. The van der Waals surface area contributed by atoms with Crippen molar-refractivity contribution in [2.45, 2.75) is 31.1 Å². The minimum atomic E-state index is -4.21. The van der Waals surface area contributed by atoms with Gasteiger partial charge in [0.25, 0.3) is 5.91 Å². The first kappa shape index (κ1) is 13.9. The molecule has 1 saturated heterocycles. The molecule has 1 fully saturated rings. The molecule has 1 aromatic rings. The third-order valence-corrected chi connectivity index (χ3v) is 3.38. The summed E-state index contributed by atoms with van der Waals surface area (Å²) >= 11 is 0. The minimum absolute atomic E-state index is 0.00960. The van der Waals surface area contributed by atoms with Crippen LogP contribution in [0.2, 0.25) is 0 Å². The number of hydrogen-bond acceptors (Lipinski definition) is 2. The highest BCUT2D eigenvalue weighted by atomic mass is 19.4. The van der Waals surface area contributed by atoms with Gasteiger partial charge in [0.15, 0.2) is 0 Å². The zero-order valence-corrected chi connectivity index (χ0v) is 10.5. The highest BCUT2D eigenvalue weighted by Crippen LogP contribution is 2.30. The molecule has 0 saturated carbocycles. The van der Waals surface area contributed by atoms with Crippen molar-refractivity contribution in [3.63, 3.8) is 0 Å². The first-order valence-electron chi connectivity index (χ1n) is 6.09. The van der Waals surface area contributed by atoms with Crippen LogP contribution in [0.15, 0.2) is 18.3 Å². The smallest absolute Gasteiger partial charge is 0.357 e. The number of hydrogen-bond donors (Lipinski definition) is 2. The van der Waals surface area contributed by atoms with Gasteiger partial charge in [-0.2, -0.15) is 13.2 Å². The highest BCUT2D eigenvalue weighted by Gasteiger charge is 2.44. The second-order valence-corrected chi connectivity index (χ2v) is 4.83. The monoisotopic (exact) mass is 275 g/mol. The van der Waals surface area contributed by atoms with E-state index in [4.69, 9.17) is 0 Å². The fraction of sp³-hybridized carbons (Fsp3) is 0.583. The fourth-order valence-corrected chi connectivity index (χ4v) is 2.41. The Bertz CT molecular complexity index is 430. The number of halogens is 3. The second-order valence-electron chi connectivity index (χ2n) is 4.83. The third-order valence-electron chi connectivity index (χ3n) is 3.38. The summed E-state index contributed by atoms with van der Waals surface area (Å²) in [6, 6.07) is 1.66. The van der Waals surface area contributed by atoms with Gasteiger partial charge in [-0.15, -0.1) is 0 Å². The standard InChI is InChI=1S/C12H16F3N3O/c1-18-7-8(4-5-10(18)12(13,14)15)17-11(19)9-3-2-6-16-9/h2-3,6,8,10,16H,4-5,7H2,1H3,(H,17,19)/t8-,10+/m1/s1. The van der Waals surface area contributed by atoms with Gasteiger partial charge in [-0.1, -0.05) is 0 Å². The zero-order chi connectivity index (χ0) is 14.0. The Hall–Kier alpha value is -1.50. The van der Waals surface area contributed by atoms with Crippen molar-refractivity contribution in [1.82, 2.24) is 15.2 Å². The van der Waals surface area contributed by atoms with E-state index in [0.717, 1.165) is 0 Å². The van der Waals surface area contributed by atoms with Crippen molar-refractivity contribution in [2.75, 3.05) is 13.6 Å². The van der Waals surface area contributed by atoms with E-state index < -0.39 is 12.2 Å². The van der Waals surface area contributed by atoms with E-state index >= 15 is 0 Å². The van der Waals surface area contributed by atoms with Crippen LogP contribution in [-0.4, -0.2) is 47.6 Å². The van der Waals surface area contributed by atoms with Crippen LogP contribution in [0.5, 0.6) is 0 Å². The molecule has 0 aromatic carbocycles. The first-order valence-corrected chi connectivity index (χ1v) is 6.09. The minimum Gasteiger partial charge on any atom is -0.357 e. The Kier molecular flexibility index (Phi) is 3.84. The summed E-state index contributed by atoms with van der Waals surface area (Å²) in [4.78, 5) is 15.8. The van der Waals surface area contributed by atoms with E-state index in [2.05, 4.69) is 10.3 Å². The van der Waals surface area contributed by atoms with E-state index in [1.54, 1.807) is 18.3 Å². The maximum Gasteiger partial charge on any atom is 0.404 e. The summed E-state index contributed by atoms with van der Waals surface area (Å²) in [5, 5.41) is 2.74. The summed E-state index contributed by atoms with van der Waals surface area (Å²) in [6.07, 6.45) is -2.23. The Morgan fingerprint density at radius 2 is 2.21 bits per heavy atom. The lowest BCUT2D eigenvalue weighted by atomic mass is 9.98. The topological polar surface area (TPSA) is 48.1 Å². The number of likely N-dealkylation sites (N-methyl/N-ethyl adjacent to an activating group) is 1. The molecular formula is C12H16F3N3O. The Morgan fingerprint density at radius 1 is 1.47 bits per heavy atom. The molecule has 106 valence electrons. The first-order chi connectivity index (χ1) is 8.88. The van der Waals surface area contributed by atoms with Crippen molar-refractivity contribution in [3.8, 4) is 0 Å². The van der Waals surface area contributed by atoms with Gasteiger partial charge < -0.3 is 10.3 Å². The van der Waals surface area contributed by atoms with Crippen LogP contribution in [0, 0.1) is 0 Å². The summed E-state index contributed by atoms with van der Waals surface area (Å²) in [5.41, 5.74) is 0.417. The van der Waals surface area contributed by atoms with Crippen molar-refractivity contribution in [1.29, 1.82) is 0 Å². The average molecular weight is 275 g/mol. The quantitative estimate of drug-likeness (QED) is 0.864. The number of carbonyl (C=O) groups excluding carboxylic acids is 1. The molecule has 0 aliphatic carbocycles. The number of carbonyl (C=O) groups is 1. The number of H-pyrrole nitrogens is 1. The van der Waals surface area contributed by atoms with Crippen LogP contribution >= 0.6 is 0 Å². The molecular weight excluding hydrogens is 259 g/mol. The number of piperidine rings is 1. The zero-order valence-electron chi connectivity index (χ0n) is 10.5. The molecule has 7 heteroatoms. The van der Waals surface area contributed by atoms with Crippen LogP contribution in [0.25, 0.3) is 0 Å². The van der Waals surface area contributed by atoms with Crippen LogP contribution in [0.4, 0.5) is 13.2 Å². The van der Waals surface area contributed by atoms with Gasteiger partial charge in [-0.3, -0.25) is 9.69 Å². The van der Waals surface area contributed by atoms with Gasteiger partial charge in [0, 0.05) is 18.8 Å². The number of nitrogens with one attached hydrogen (secondary N) is 2. The van der Waals surface area contributed by atoms with Crippen LogP contribution < -0.4 is 5.32 Å². The van der Waals surface area contributed by atoms with Gasteiger partial charge in [0.2, 0.25) is 0 Å². The molecule has 1 aliphatic heterocycles. The summed E-state index contributed by atoms with van der Waals surface area (Å²) < 4.78 is 38.0. The molecule has 2 atom stereocenters. The van der Waals surface area contributed by atoms with E-state index in [1.807, 2.05) is 0 Å². The van der Waals surface area contributed by atoms with Crippen LogP contribution in [0.1, 0.15) is 23.3 Å². The number of alkyl halides is 3. The lowest BCUT2D eigenvalue weighted by Crippen LogP contribution is -2.54. The van der Waals surface area contributed by atoms with Crippen LogP contribution in [0.3, 0.4) is 0 Å². The van der Waals surface area contributed by atoms with Crippen molar-refractivity contribution in [3.05, 3.63) is 24.0 Å². The van der Waals surface area contributed by atoms with E-state index in [1.165, 1.54) is 11.9 Å². The number of aromatic amines is 1. The third kappa shape index (κ3) is 3.28. The number of amides is 1. The van der Waals surface area contributed by atoms with E-state index in [0.29, 0.717) is 12.1 Å². The molecule has 0 unspecified atom stereocenters. The molecule has 1 amide bonds. The molecule has 2 N–H and O–H groups in total. The predicted octanol–water partition coefficient (Wildman–Crippen LogP) is 1.77. The number of rotatable bonds is 2. The average Bonchev–Trinajstić information content (AvgIpc) is 2.80. The molecule has 0 radical (unpaired) electrons.